The molecule has 0 saturated heterocycles. The molecule has 1 unspecified atom stereocenters. The molecule has 0 bridgehead atoms. The number of nitrogens with zero attached hydrogens (tertiary/aromatic N) is 1. The number of rotatable bonds is 3. The Morgan fingerprint density at radius 2 is 2.56 bits per heavy atom. The van der Waals surface area contributed by atoms with E-state index in [1.165, 1.54) is 0 Å². The summed E-state index contributed by atoms with van der Waals surface area (Å²) < 4.78 is 0. The lowest BCUT2D eigenvalue weighted by molar-refractivity contribution is -0.119. The van der Waals surface area contributed by atoms with Gasteiger partial charge >= 0.3 is 0 Å². The van der Waals surface area contributed by atoms with Gasteiger partial charge in [-0.2, -0.15) is 5.26 Å². The molecule has 0 rings (SSSR count). The minimum Gasteiger partial charge on any atom is -0.368 e. The van der Waals surface area contributed by atoms with Crippen LogP contribution in [0.1, 0.15) is 6.92 Å². The zero-order chi connectivity index (χ0) is 7.28. The van der Waals surface area contributed by atoms with E-state index in [9.17, 15) is 4.79 Å². The van der Waals surface area contributed by atoms with Crippen molar-refractivity contribution in [1.82, 2.24) is 5.32 Å². The highest BCUT2D eigenvalue weighted by Crippen LogP contribution is 1.74. The standard InChI is InChI=1S/C5H9N3O/c1-4(5(7)9)8-3-2-6/h4,8H,3H2,1H3,(H2,7,9). The molecule has 0 aromatic heterocycles. The van der Waals surface area contributed by atoms with Crippen LogP contribution >= 0.6 is 0 Å². The molecular weight excluding hydrogens is 118 g/mol. The van der Waals surface area contributed by atoms with Crippen molar-refractivity contribution < 1.29 is 4.79 Å². The molecule has 0 aliphatic heterocycles. The van der Waals surface area contributed by atoms with Gasteiger partial charge in [-0.15, -0.1) is 0 Å². The highest BCUT2D eigenvalue weighted by molar-refractivity contribution is 5.79. The first-order valence-electron chi connectivity index (χ1n) is 2.58. The Hall–Kier alpha value is -1.08. The van der Waals surface area contributed by atoms with Crippen LogP contribution in [0.5, 0.6) is 0 Å². The van der Waals surface area contributed by atoms with E-state index in [0.29, 0.717) is 0 Å². The van der Waals surface area contributed by atoms with Crippen molar-refractivity contribution >= 4 is 5.91 Å². The molecule has 0 aliphatic rings. The highest BCUT2D eigenvalue weighted by atomic mass is 16.1. The van der Waals surface area contributed by atoms with Gasteiger partial charge in [-0.25, -0.2) is 0 Å². The van der Waals surface area contributed by atoms with Crippen molar-refractivity contribution in [2.45, 2.75) is 13.0 Å². The van der Waals surface area contributed by atoms with E-state index in [2.05, 4.69) is 5.32 Å². The van der Waals surface area contributed by atoms with Crippen molar-refractivity contribution in [3.63, 3.8) is 0 Å². The first kappa shape index (κ1) is 7.92. The van der Waals surface area contributed by atoms with Gasteiger partial charge < -0.3 is 5.73 Å². The highest BCUT2D eigenvalue weighted by Gasteiger charge is 2.04. The van der Waals surface area contributed by atoms with Crippen LogP contribution < -0.4 is 11.1 Å². The molecule has 0 aromatic carbocycles. The van der Waals surface area contributed by atoms with Crippen LogP contribution in [0, 0.1) is 11.3 Å². The van der Waals surface area contributed by atoms with Crippen molar-refractivity contribution in [3.05, 3.63) is 0 Å². The molecule has 0 radical (unpaired) electrons. The Morgan fingerprint density at radius 3 is 2.89 bits per heavy atom. The topological polar surface area (TPSA) is 78.9 Å². The van der Waals surface area contributed by atoms with Gasteiger partial charge in [0.05, 0.1) is 18.7 Å². The average Bonchev–Trinajstić information content (AvgIpc) is 1.82. The number of hydrogen-bond acceptors (Lipinski definition) is 3. The molecule has 4 heteroatoms. The number of amides is 1. The number of carbonyl (C=O) groups excluding carboxylic acids is 1. The third-order valence-corrected chi connectivity index (χ3v) is 0.914. The summed E-state index contributed by atoms with van der Waals surface area (Å²) in [7, 11) is 0. The van der Waals surface area contributed by atoms with Crippen molar-refractivity contribution in [2.75, 3.05) is 6.54 Å². The molecule has 50 valence electrons. The molecule has 1 atom stereocenters. The predicted octanol–water partition coefficient (Wildman–Crippen LogP) is -1.03. The van der Waals surface area contributed by atoms with Crippen LogP contribution in [-0.2, 0) is 4.79 Å². The van der Waals surface area contributed by atoms with Crippen LogP contribution in [0.4, 0.5) is 0 Å². The fourth-order valence-electron chi connectivity index (χ4n) is 0.299. The SMILES string of the molecule is CC(NCC#N)C(N)=O. The lowest BCUT2D eigenvalue weighted by Crippen LogP contribution is -2.38. The van der Waals surface area contributed by atoms with Crippen LogP contribution in [0.2, 0.25) is 0 Å². The molecular formula is C5H9N3O. The largest absolute Gasteiger partial charge is 0.368 e. The van der Waals surface area contributed by atoms with E-state index in [1.54, 1.807) is 6.92 Å². The molecule has 3 N–H and O–H groups in total. The van der Waals surface area contributed by atoms with E-state index in [-0.39, 0.29) is 6.54 Å². The van der Waals surface area contributed by atoms with E-state index in [4.69, 9.17) is 11.0 Å². The van der Waals surface area contributed by atoms with Gasteiger partial charge in [-0.05, 0) is 6.92 Å². The number of primary amides is 1. The van der Waals surface area contributed by atoms with E-state index in [1.807, 2.05) is 6.07 Å². The molecule has 0 aliphatic carbocycles. The Morgan fingerprint density at radius 1 is 2.00 bits per heavy atom. The number of hydrogen-bond donors (Lipinski definition) is 2. The molecule has 0 fully saturated rings. The minimum atomic E-state index is -0.440. The van der Waals surface area contributed by atoms with Gasteiger partial charge in [-0.1, -0.05) is 0 Å². The number of carbonyl (C=O) groups is 1. The molecule has 0 heterocycles. The predicted molar refractivity (Wildman–Crippen MR) is 32.3 cm³/mol. The van der Waals surface area contributed by atoms with Crippen molar-refractivity contribution in [3.8, 4) is 6.07 Å². The Labute approximate surface area is 53.6 Å². The first-order valence-corrected chi connectivity index (χ1v) is 2.58. The summed E-state index contributed by atoms with van der Waals surface area (Å²) in [4.78, 5) is 10.3. The molecule has 0 saturated carbocycles. The number of nitrogens with two attached hydrogens (primary N) is 1. The monoisotopic (exact) mass is 127 g/mol. The van der Waals surface area contributed by atoms with Crippen molar-refractivity contribution in [1.29, 1.82) is 5.26 Å². The van der Waals surface area contributed by atoms with Gasteiger partial charge in [0.15, 0.2) is 0 Å². The quantitative estimate of drug-likeness (QED) is 0.476. The Kier molecular flexibility index (Phi) is 3.40. The zero-order valence-corrected chi connectivity index (χ0v) is 5.22. The summed E-state index contributed by atoms with van der Waals surface area (Å²) in [6.45, 7) is 1.77. The smallest absolute Gasteiger partial charge is 0.234 e. The number of nitrogens with one attached hydrogen (secondary N) is 1. The van der Waals surface area contributed by atoms with E-state index < -0.39 is 11.9 Å². The second-order valence-corrected chi connectivity index (χ2v) is 1.66. The summed E-state index contributed by atoms with van der Waals surface area (Å²) in [5.41, 5.74) is 4.87. The molecule has 1 amide bonds. The molecule has 0 spiro atoms. The maximum atomic E-state index is 10.3. The lowest BCUT2D eigenvalue weighted by atomic mass is 10.3. The summed E-state index contributed by atoms with van der Waals surface area (Å²) in [6, 6.07) is 1.42. The second-order valence-electron chi connectivity index (χ2n) is 1.66. The van der Waals surface area contributed by atoms with Gasteiger partial charge in [0, 0.05) is 0 Å². The molecule has 4 nitrogen and oxygen atoms in total. The summed E-state index contributed by atoms with van der Waals surface area (Å²) in [6.07, 6.45) is 0. The van der Waals surface area contributed by atoms with Crippen LogP contribution in [0.15, 0.2) is 0 Å². The van der Waals surface area contributed by atoms with Gasteiger partial charge in [0.2, 0.25) is 5.91 Å². The van der Waals surface area contributed by atoms with E-state index >= 15 is 0 Å². The second kappa shape index (κ2) is 3.87. The third-order valence-electron chi connectivity index (χ3n) is 0.914. The summed E-state index contributed by atoms with van der Waals surface area (Å²) in [5.74, 6) is -0.440. The van der Waals surface area contributed by atoms with Crippen LogP contribution in [0.3, 0.4) is 0 Å². The van der Waals surface area contributed by atoms with E-state index in [0.717, 1.165) is 0 Å². The average molecular weight is 127 g/mol. The minimum absolute atomic E-state index is 0.157. The summed E-state index contributed by atoms with van der Waals surface area (Å²) >= 11 is 0. The van der Waals surface area contributed by atoms with Crippen molar-refractivity contribution in [2.24, 2.45) is 5.73 Å². The number of nitriles is 1. The molecule has 0 aromatic rings. The first-order chi connectivity index (χ1) is 4.18. The summed E-state index contributed by atoms with van der Waals surface area (Å²) in [5, 5.41) is 10.6. The fourth-order valence-corrected chi connectivity index (χ4v) is 0.299. The molecule has 9 heavy (non-hydrogen) atoms. The van der Waals surface area contributed by atoms with Crippen LogP contribution in [-0.4, -0.2) is 18.5 Å². The normalized spacial score (nSPS) is 12.0. The zero-order valence-electron chi connectivity index (χ0n) is 5.22. The third kappa shape index (κ3) is 3.50. The van der Waals surface area contributed by atoms with Gasteiger partial charge in [-0.3, -0.25) is 10.1 Å². The lowest BCUT2D eigenvalue weighted by Gasteiger charge is -2.03. The van der Waals surface area contributed by atoms with Gasteiger partial charge in [0.1, 0.15) is 0 Å². The Bertz CT molecular complexity index is 138. The van der Waals surface area contributed by atoms with Crippen LogP contribution in [0.25, 0.3) is 0 Å². The van der Waals surface area contributed by atoms with Gasteiger partial charge in [0.25, 0.3) is 0 Å². The Balaban J connectivity index is 3.41. The maximum Gasteiger partial charge on any atom is 0.234 e. The fraction of sp³-hybridized carbons (Fsp3) is 0.600. The maximum absolute atomic E-state index is 10.3.